The fourth-order valence-electron chi connectivity index (χ4n) is 1.66. The highest BCUT2D eigenvalue weighted by molar-refractivity contribution is 7.91. The molecule has 2 rings (SSSR count). The van der Waals surface area contributed by atoms with Crippen molar-refractivity contribution in [3.05, 3.63) is 52.0 Å². The smallest absolute Gasteiger partial charge is 0.168 e. The first-order chi connectivity index (χ1) is 9.38. The molecule has 0 aliphatic carbocycles. The zero-order valence-electron chi connectivity index (χ0n) is 11.2. The van der Waals surface area contributed by atoms with Gasteiger partial charge in [0, 0.05) is 17.2 Å². The van der Waals surface area contributed by atoms with E-state index in [-0.39, 0.29) is 12.2 Å². The van der Waals surface area contributed by atoms with E-state index in [1.54, 1.807) is 24.4 Å². The van der Waals surface area contributed by atoms with Crippen molar-refractivity contribution in [2.24, 2.45) is 0 Å². The molecule has 1 aromatic heterocycles. The second-order valence-corrected chi connectivity index (χ2v) is 7.87. The minimum Gasteiger partial charge on any atom is -0.294 e. The molecule has 2 aromatic rings. The Morgan fingerprint density at radius 2 is 1.95 bits per heavy atom. The van der Waals surface area contributed by atoms with Crippen molar-refractivity contribution >= 4 is 27.0 Å². The topological polar surface area (TPSA) is 64.1 Å². The maximum atomic E-state index is 12.0. The molecule has 4 nitrogen and oxygen atoms in total. The average molecular weight is 309 g/mol. The van der Waals surface area contributed by atoms with Crippen molar-refractivity contribution in [1.29, 1.82) is 0 Å². The molecular formula is C14H15NO3S2. The predicted molar refractivity (Wildman–Crippen MR) is 79.8 cm³/mol. The Bertz CT molecular complexity index is 705. The fourth-order valence-corrected chi connectivity index (χ4v) is 3.53. The summed E-state index contributed by atoms with van der Waals surface area (Å²) in [4.78, 5) is 16.3. The highest BCUT2D eigenvalue weighted by atomic mass is 32.2. The van der Waals surface area contributed by atoms with Crippen molar-refractivity contribution in [2.45, 2.75) is 18.6 Å². The predicted octanol–water partition coefficient (Wildman–Crippen LogP) is 2.67. The zero-order chi connectivity index (χ0) is 14.8. The van der Waals surface area contributed by atoms with E-state index in [1.807, 2.05) is 18.2 Å². The quantitative estimate of drug-likeness (QED) is 0.797. The first kappa shape index (κ1) is 14.9. The third kappa shape index (κ3) is 3.52. The van der Waals surface area contributed by atoms with Gasteiger partial charge in [-0.2, -0.15) is 0 Å². The van der Waals surface area contributed by atoms with Crippen molar-refractivity contribution in [2.75, 3.05) is 6.26 Å². The summed E-state index contributed by atoms with van der Waals surface area (Å²) >= 11 is 1.28. The lowest BCUT2D eigenvalue weighted by Crippen LogP contribution is -2.08. The van der Waals surface area contributed by atoms with Gasteiger partial charge in [0.25, 0.3) is 0 Å². The van der Waals surface area contributed by atoms with Crippen LogP contribution in [-0.2, 0) is 16.3 Å². The molecule has 0 radical (unpaired) electrons. The summed E-state index contributed by atoms with van der Waals surface area (Å²) in [6.45, 7) is 1.61. The van der Waals surface area contributed by atoms with E-state index in [9.17, 15) is 13.2 Å². The van der Waals surface area contributed by atoms with Crippen LogP contribution in [0.4, 0.5) is 0 Å². The van der Waals surface area contributed by atoms with Gasteiger partial charge in [-0.3, -0.25) is 4.79 Å². The number of sulfone groups is 1. The number of carbonyl (C=O) groups excluding carboxylic acids is 1. The lowest BCUT2D eigenvalue weighted by Gasteiger charge is -2.04. The molecule has 1 atom stereocenters. The third-order valence-electron chi connectivity index (χ3n) is 3.00. The monoisotopic (exact) mass is 309 g/mol. The summed E-state index contributed by atoms with van der Waals surface area (Å²) in [6, 6.07) is 8.99. The SMILES string of the molecule is CC(c1nc(CC(=O)c2ccccc2)cs1)S(C)(=O)=O. The van der Waals surface area contributed by atoms with Crippen LogP contribution >= 0.6 is 11.3 Å². The number of Topliss-reactive ketones (excluding diaryl/α,β-unsaturated/α-hetero) is 1. The number of rotatable bonds is 5. The molecule has 1 heterocycles. The summed E-state index contributed by atoms with van der Waals surface area (Å²) in [7, 11) is -3.16. The molecule has 0 aliphatic rings. The van der Waals surface area contributed by atoms with E-state index < -0.39 is 15.1 Å². The van der Waals surface area contributed by atoms with Gasteiger partial charge in [0.2, 0.25) is 0 Å². The summed E-state index contributed by atoms with van der Waals surface area (Å²) in [6.07, 6.45) is 1.38. The maximum absolute atomic E-state index is 12.0. The van der Waals surface area contributed by atoms with Crippen molar-refractivity contribution in [1.82, 2.24) is 4.98 Å². The highest BCUT2D eigenvalue weighted by Gasteiger charge is 2.21. The number of hydrogen-bond donors (Lipinski definition) is 0. The third-order valence-corrected chi connectivity index (χ3v) is 5.73. The van der Waals surface area contributed by atoms with E-state index in [0.29, 0.717) is 16.3 Å². The minimum atomic E-state index is -3.16. The lowest BCUT2D eigenvalue weighted by atomic mass is 10.1. The Morgan fingerprint density at radius 1 is 1.30 bits per heavy atom. The maximum Gasteiger partial charge on any atom is 0.168 e. The molecule has 6 heteroatoms. The van der Waals surface area contributed by atoms with Crippen LogP contribution in [0, 0.1) is 0 Å². The molecule has 106 valence electrons. The Morgan fingerprint density at radius 3 is 2.55 bits per heavy atom. The van der Waals surface area contributed by atoms with Gasteiger partial charge in [-0.15, -0.1) is 11.3 Å². The fraction of sp³-hybridized carbons (Fsp3) is 0.286. The Kier molecular flexibility index (Phi) is 4.35. The van der Waals surface area contributed by atoms with Gasteiger partial charge in [0.05, 0.1) is 12.1 Å². The van der Waals surface area contributed by atoms with Gasteiger partial charge in [-0.25, -0.2) is 13.4 Å². The van der Waals surface area contributed by atoms with E-state index >= 15 is 0 Å². The summed E-state index contributed by atoms with van der Waals surface area (Å²) in [5.74, 6) is -0.0190. The summed E-state index contributed by atoms with van der Waals surface area (Å²) in [5, 5.41) is 1.65. The average Bonchev–Trinajstić information content (AvgIpc) is 2.86. The Labute approximate surface area is 122 Å². The zero-order valence-corrected chi connectivity index (χ0v) is 12.9. The van der Waals surface area contributed by atoms with Gasteiger partial charge in [-0.05, 0) is 6.92 Å². The second kappa shape index (κ2) is 5.85. The molecule has 0 amide bonds. The Hall–Kier alpha value is -1.53. The van der Waals surface area contributed by atoms with E-state index in [0.717, 1.165) is 0 Å². The number of aromatic nitrogens is 1. The van der Waals surface area contributed by atoms with Gasteiger partial charge >= 0.3 is 0 Å². The van der Waals surface area contributed by atoms with Crippen LogP contribution in [0.25, 0.3) is 0 Å². The highest BCUT2D eigenvalue weighted by Crippen LogP contribution is 2.24. The van der Waals surface area contributed by atoms with Crippen molar-refractivity contribution < 1.29 is 13.2 Å². The van der Waals surface area contributed by atoms with Crippen LogP contribution in [0.1, 0.15) is 33.2 Å². The number of carbonyl (C=O) groups is 1. The molecule has 0 N–H and O–H groups in total. The molecule has 0 saturated carbocycles. The Balaban J connectivity index is 2.13. The van der Waals surface area contributed by atoms with Crippen LogP contribution in [-0.4, -0.2) is 25.4 Å². The molecule has 0 fully saturated rings. The van der Waals surface area contributed by atoms with E-state index in [2.05, 4.69) is 4.98 Å². The van der Waals surface area contributed by atoms with Gasteiger partial charge in [0.15, 0.2) is 15.6 Å². The number of ketones is 1. The first-order valence-corrected chi connectivity index (χ1v) is 8.93. The van der Waals surface area contributed by atoms with Crippen molar-refractivity contribution in [3.63, 3.8) is 0 Å². The van der Waals surface area contributed by atoms with E-state index in [1.165, 1.54) is 17.6 Å². The normalized spacial score (nSPS) is 13.1. The summed E-state index contributed by atoms with van der Waals surface area (Å²) < 4.78 is 23.0. The van der Waals surface area contributed by atoms with Crippen molar-refractivity contribution in [3.8, 4) is 0 Å². The van der Waals surface area contributed by atoms with Crippen LogP contribution in [0.15, 0.2) is 35.7 Å². The standard InChI is InChI=1S/C14H15NO3S2/c1-10(20(2,17)18)14-15-12(9-19-14)8-13(16)11-6-4-3-5-7-11/h3-7,9-10H,8H2,1-2H3. The number of thiazole rings is 1. The minimum absolute atomic E-state index is 0.0190. The molecule has 0 saturated heterocycles. The lowest BCUT2D eigenvalue weighted by molar-refractivity contribution is 0.0992. The molecule has 1 unspecified atom stereocenters. The summed E-state index contributed by atoms with van der Waals surface area (Å²) in [5.41, 5.74) is 1.26. The molecule has 20 heavy (non-hydrogen) atoms. The molecule has 0 spiro atoms. The van der Waals surface area contributed by atoms with E-state index in [4.69, 9.17) is 0 Å². The first-order valence-electron chi connectivity index (χ1n) is 6.09. The van der Waals surface area contributed by atoms with Crippen LogP contribution in [0.3, 0.4) is 0 Å². The van der Waals surface area contributed by atoms with Gasteiger partial charge < -0.3 is 0 Å². The van der Waals surface area contributed by atoms with Crippen LogP contribution in [0.5, 0.6) is 0 Å². The largest absolute Gasteiger partial charge is 0.294 e. The second-order valence-electron chi connectivity index (χ2n) is 4.61. The molecular weight excluding hydrogens is 294 g/mol. The number of benzene rings is 1. The molecule has 0 bridgehead atoms. The van der Waals surface area contributed by atoms with Gasteiger partial charge in [0.1, 0.15) is 10.3 Å². The number of hydrogen-bond acceptors (Lipinski definition) is 5. The van der Waals surface area contributed by atoms with Crippen LogP contribution in [0.2, 0.25) is 0 Å². The molecule has 1 aromatic carbocycles. The number of nitrogens with zero attached hydrogens (tertiary/aromatic N) is 1. The van der Waals surface area contributed by atoms with Crippen LogP contribution < -0.4 is 0 Å². The molecule has 0 aliphatic heterocycles. The van der Waals surface area contributed by atoms with Gasteiger partial charge in [-0.1, -0.05) is 30.3 Å².